The van der Waals surface area contributed by atoms with E-state index in [4.69, 9.17) is 4.74 Å². The molecule has 2 aromatic rings. The van der Waals surface area contributed by atoms with Gasteiger partial charge in [0.25, 0.3) is 5.91 Å². The maximum Gasteiger partial charge on any atom is 0.254 e. The van der Waals surface area contributed by atoms with E-state index in [1.54, 1.807) is 25.3 Å². The first-order chi connectivity index (χ1) is 14.8. The number of benzene rings is 2. The largest absolute Gasteiger partial charge is 0.497 e. The van der Waals surface area contributed by atoms with Crippen molar-refractivity contribution in [2.75, 3.05) is 20.2 Å². The molecule has 1 saturated carbocycles. The lowest BCUT2D eigenvalue weighted by Gasteiger charge is -2.30. The average Bonchev–Trinajstić information content (AvgIpc) is 3.63. The molecule has 168 valence electrons. The molecule has 2 aromatic carbocycles. The maximum absolute atomic E-state index is 13.5. The van der Waals surface area contributed by atoms with Crippen LogP contribution in [0.2, 0.25) is 0 Å². The zero-order valence-corrected chi connectivity index (χ0v) is 19.6. The maximum atomic E-state index is 13.5. The normalized spacial score (nSPS) is 15.0. The molecule has 1 fully saturated rings. The van der Waals surface area contributed by atoms with E-state index < -0.39 is 10.0 Å². The Bertz CT molecular complexity index is 996. The summed E-state index contributed by atoms with van der Waals surface area (Å²) in [6.45, 7) is 6.94. The van der Waals surface area contributed by atoms with E-state index >= 15 is 0 Å². The second-order valence-corrected chi connectivity index (χ2v) is 9.91. The van der Waals surface area contributed by atoms with Gasteiger partial charge in [-0.25, -0.2) is 8.42 Å². The Balaban J connectivity index is 1.90. The van der Waals surface area contributed by atoms with Gasteiger partial charge >= 0.3 is 0 Å². The van der Waals surface area contributed by atoms with Crippen molar-refractivity contribution >= 4 is 15.9 Å². The summed E-state index contributed by atoms with van der Waals surface area (Å²) < 4.78 is 32.5. The molecule has 31 heavy (non-hydrogen) atoms. The molecule has 0 spiro atoms. The van der Waals surface area contributed by atoms with Gasteiger partial charge in [-0.3, -0.25) is 4.79 Å². The van der Waals surface area contributed by atoms with E-state index in [-0.39, 0.29) is 16.8 Å². The van der Waals surface area contributed by atoms with Gasteiger partial charge in [-0.2, -0.15) is 4.31 Å². The SMILES string of the molecule is CCN(CC)S(=O)(=O)c1cccc(C(=O)N(Cc2ccc(OC)cc2)C(C)C2CC2)c1. The van der Waals surface area contributed by atoms with Gasteiger partial charge in [-0.1, -0.05) is 32.0 Å². The number of carbonyl (C=O) groups excluding carboxylic acids is 1. The van der Waals surface area contributed by atoms with Gasteiger partial charge in [0.05, 0.1) is 12.0 Å². The molecule has 0 saturated heterocycles. The number of nitrogens with zero attached hydrogens (tertiary/aromatic N) is 2. The molecule has 0 bridgehead atoms. The van der Waals surface area contributed by atoms with Crippen LogP contribution in [-0.2, 0) is 16.6 Å². The molecule has 7 heteroatoms. The van der Waals surface area contributed by atoms with E-state index in [9.17, 15) is 13.2 Å². The molecule has 0 aromatic heterocycles. The fourth-order valence-corrected chi connectivity index (χ4v) is 5.33. The van der Waals surface area contributed by atoms with Gasteiger partial charge in [-0.05, 0) is 61.6 Å². The number of methoxy groups -OCH3 is 1. The molecule has 1 atom stereocenters. The molecule has 6 nitrogen and oxygen atoms in total. The molecular formula is C24H32N2O4S. The van der Waals surface area contributed by atoms with Gasteiger partial charge in [0.1, 0.15) is 5.75 Å². The number of ether oxygens (including phenoxy) is 1. The van der Waals surface area contributed by atoms with Crippen molar-refractivity contribution < 1.29 is 17.9 Å². The quantitative estimate of drug-likeness (QED) is 0.552. The third-order valence-electron chi connectivity index (χ3n) is 5.99. The number of hydrogen-bond donors (Lipinski definition) is 0. The van der Waals surface area contributed by atoms with Crippen LogP contribution in [-0.4, -0.2) is 49.8 Å². The zero-order valence-electron chi connectivity index (χ0n) is 18.7. The van der Waals surface area contributed by atoms with Crippen molar-refractivity contribution in [3.63, 3.8) is 0 Å². The molecule has 0 N–H and O–H groups in total. The molecule has 1 amide bonds. The monoisotopic (exact) mass is 444 g/mol. The number of sulfonamides is 1. The molecular weight excluding hydrogens is 412 g/mol. The summed E-state index contributed by atoms with van der Waals surface area (Å²) in [6.07, 6.45) is 2.23. The number of hydrogen-bond acceptors (Lipinski definition) is 4. The first-order valence-electron chi connectivity index (χ1n) is 10.9. The van der Waals surface area contributed by atoms with Crippen LogP contribution in [0.1, 0.15) is 49.5 Å². The summed E-state index contributed by atoms with van der Waals surface area (Å²) in [5, 5.41) is 0. The lowest BCUT2D eigenvalue weighted by molar-refractivity contribution is 0.0654. The Morgan fingerprint density at radius 2 is 1.74 bits per heavy atom. The predicted octanol–water partition coefficient (Wildman–Crippen LogP) is 4.17. The Kier molecular flexibility index (Phi) is 7.38. The minimum atomic E-state index is -3.63. The van der Waals surface area contributed by atoms with Crippen LogP contribution in [0.25, 0.3) is 0 Å². The van der Waals surface area contributed by atoms with Crippen LogP contribution in [0.3, 0.4) is 0 Å². The second-order valence-electron chi connectivity index (χ2n) is 7.98. The first-order valence-corrected chi connectivity index (χ1v) is 12.3. The fraction of sp³-hybridized carbons (Fsp3) is 0.458. The highest BCUT2D eigenvalue weighted by atomic mass is 32.2. The minimum Gasteiger partial charge on any atom is -0.497 e. The van der Waals surface area contributed by atoms with Crippen molar-refractivity contribution in [2.45, 2.75) is 51.1 Å². The topological polar surface area (TPSA) is 66.9 Å². The highest BCUT2D eigenvalue weighted by Gasteiger charge is 2.35. The van der Waals surface area contributed by atoms with Crippen molar-refractivity contribution in [1.82, 2.24) is 9.21 Å². The Morgan fingerprint density at radius 1 is 1.10 bits per heavy atom. The van der Waals surface area contributed by atoms with Crippen LogP contribution in [0.15, 0.2) is 53.4 Å². The van der Waals surface area contributed by atoms with Gasteiger partial charge in [0.2, 0.25) is 10.0 Å². The standard InChI is InChI=1S/C24H32N2O4S/c1-5-25(6-2)31(28,29)23-9-7-8-21(16-23)24(27)26(18(3)20-12-13-20)17-19-10-14-22(30-4)15-11-19/h7-11,14-16,18,20H,5-6,12-13,17H2,1-4H3. The number of carbonyl (C=O) groups is 1. The van der Waals surface area contributed by atoms with Crippen LogP contribution < -0.4 is 4.74 Å². The van der Waals surface area contributed by atoms with Crippen LogP contribution in [0, 0.1) is 5.92 Å². The van der Waals surface area contributed by atoms with E-state index in [2.05, 4.69) is 6.92 Å². The average molecular weight is 445 g/mol. The number of rotatable bonds is 10. The summed E-state index contributed by atoms with van der Waals surface area (Å²) in [5.41, 5.74) is 1.41. The van der Waals surface area contributed by atoms with E-state index in [1.165, 1.54) is 10.4 Å². The van der Waals surface area contributed by atoms with Gasteiger partial charge in [-0.15, -0.1) is 0 Å². The Morgan fingerprint density at radius 3 is 2.29 bits per heavy atom. The fourth-order valence-electron chi connectivity index (χ4n) is 3.83. The van der Waals surface area contributed by atoms with Crippen LogP contribution in [0.5, 0.6) is 5.75 Å². The van der Waals surface area contributed by atoms with Crippen LogP contribution in [0.4, 0.5) is 0 Å². The summed E-state index contributed by atoms with van der Waals surface area (Å²) in [7, 11) is -2.00. The molecule has 1 aliphatic carbocycles. The first kappa shape index (κ1) is 23.3. The molecule has 0 heterocycles. The summed E-state index contributed by atoms with van der Waals surface area (Å²) in [6, 6.07) is 14.2. The van der Waals surface area contributed by atoms with Crippen molar-refractivity contribution in [2.24, 2.45) is 5.92 Å². The highest BCUT2D eigenvalue weighted by Crippen LogP contribution is 2.36. The summed E-state index contributed by atoms with van der Waals surface area (Å²) in [4.78, 5) is 15.5. The van der Waals surface area contributed by atoms with Crippen molar-refractivity contribution in [3.05, 3.63) is 59.7 Å². The summed E-state index contributed by atoms with van der Waals surface area (Å²) >= 11 is 0. The Hall–Kier alpha value is -2.38. The summed E-state index contributed by atoms with van der Waals surface area (Å²) in [5.74, 6) is 1.11. The second kappa shape index (κ2) is 9.83. The van der Waals surface area contributed by atoms with Gasteiger partial charge in [0.15, 0.2) is 0 Å². The van der Waals surface area contributed by atoms with Gasteiger partial charge < -0.3 is 9.64 Å². The molecule has 0 aliphatic heterocycles. The zero-order chi connectivity index (χ0) is 22.6. The minimum absolute atomic E-state index is 0.0812. The Labute approximate surface area is 185 Å². The van der Waals surface area contributed by atoms with Gasteiger partial charge in [0, 0.05) is 31.2 Å². The lowest BCUT2D eigenvalue weighted by atomic mass is 10.1. The lowest BCUT2D eigenvalue weighted by Crippen LogP contribution is -2.39. The predicted molar refractivity (Wildman–Crippen MR) is 122 cm³/mol. The van der Waals surface area contributed by atoms with E-state index in [1.807, 2.05) is 43.0 Å². The molecule has 3 rings (SSSR count). The molecule has 1 aliphatic rings. The van der Waals surface area contributed by atoms with Crippen molar-refractivity contribution in [1.29, 1.82) is 0 Å². The molecule has 0 radical (unpaired) electrons. The third-order valence-corrected chi connectivity index (χ3v) is 8.04. The van der Waals surface area contributed by atoms with E-state index in [0.717, 1.165) is 24.2 Å². The smallest absolute Gasteiger partial charge is 0.254 e. The van der Waals surface area contributed by atoms with E-state index in [0.29, 0.717) is 31.1 Å². The third kappa shape index (κ3) is 5.28. The van der Waals surface area contributed by atoms with Crippen LogP contribution >= 0.6 is 0 Å². The van der Waals surface area contributed by atoms with Crippen molar-refractivity contribution in [3.8, 4) is 5.75 Å². The highest BCUT2D eigenvalue weighted by molar-refractivity contribution is 7.89. The molecule has 1 unspecified atom stereocenters. The number of amides is 1.